The molecule has 128 valence electrons. The van der Waals surface area contributed by atoms with Crippen LogP contribution in [0.25, 0.3) is 0 Å². The quantitative estimate of drug-likeness (QED) is 0.609. The van der Waals surface area contributed by atoms with Crippen molar-refractivity contribution in [3.63, 3.8) is 0 Å². The minimum atomic E-state index is 0.560. The maximum atomic E-state index is 6.14. The molecule has 2 aromatic carbocycles. The van der Waals surface area contributed by atoms with Gasteiger partial charge in [-0.15, -0.1) is 0 Å². The third-order valence-electron chi connectivity index (χ3n) is 3.55. The summed E-state index contributed by atoms with van der Waals surface area (Å²) < 4.78 is 15.7. The molecular formula is C18H21ClN2O3. The number of methoxy groups -OCH3 is 3. The van der Waals surface area contributed by atoms with Crippen LogP contribution in [-0.2, 0) is 6.54 Å². The van der Waals surface area contributed by atoms with E-state index in [1.807, 2.05) is 43.3 Å². The van der Waals surface area contributed by atoms with Gasteiger partial charge in [0.2, 0.25) is 0 Å². The minimum Gasteiger partial charge on any atom is -0.495 e. The molecule has 5 nitrogen and oxygen atoms in total. The van der Waals surface area contributed by atoms with Crippen molar-refractivity contribution in [1.29, 1.82) is 0 Å². The Morgan fingerprint density at radius 2 is 1.62 bits per heavy atom. The zero-order valence-corrected chi connectivity index (χ0v) is 15.0. The summed E-state index contributed by atoms with van der Waals surface area (Å²) in [7, 11) is 4.82. The fraction of sp³-hybridized carbons (Fsp3) is 0.278. The molecule has 0 unspecified atom stereocenters. The largest absolute Gasteiger partial charge is 0.495 e. The van der Waals surface area contributed by atoms with Gasteiger partial charge in [-0.2, -0.15) is 5.10 Å². The van der Waals surface area contributed by atoms with Gasteiger partial charge in [0.15, 0.2) is 11.5 Å². The molecule has 0 spiro atoms. The number of nitrogens with zero attached hydrogens (tertiary/aromatic N) is 1. The maximum Gasteiger partial charge on any atom is 0.161 e. The summed E-state index contributed by atoms with van der Waals surface area (Å²) >= 11 is 6.14. The van der Waals surface area contributed by atoms with Crippen LogP contribution in [0.3, 0.4) is 0 Å². The summed E-state index contributed by atoms with van der Waals surface area (Å²) in [5.74, 6) is 2.04. The molecule has 24 heavy (non-hydrogen) atoms. The Morgan fingerprint density at radius 1 is 0.958 bits per heavy atom. The fourth-order valence-corrected chi connectivity index (χ4v) is 2.45. The molecule has 0 radical (unpaired) electrons. The van der Waals surface area contributed by atoms with Crippen molar-refractivity contribution in [3.8, 4) is 17.2 Å². The van der Waals surface area contributed by atoms with E-state index >= 15 is 0 Å². The molecule has 1 N–H and O–H groups in total. The Kier molecular flexibility index (Phi) is 6.32. The SMILES string of the molecule is COc1ccc(/C(C)=N\NCc2ccc(OC)c(OC)c2)cc1Cl. The number of hydrogen-bond donors (Lipinski definition) is 1. The first-order chi connectivity index (χ1) is 11.6. The van der Waals surface area contributed by atoms with Gasteiger partial charge in [-0.25, -0.2) is 0 Å². The second-order valence-corrected chi connectivity index (χ2v) is 5.48. The Morgan fingerprint density at radius 3 is 2.25 bits per heavy atom. The van der Waals surface area contributed by atoms with Crippen LogP contribution in [0.1, 0.15) is 18.1 Å². The summed E-state index contributed by atoms with van der Waals surface area (Å²) in [5.41, 5.74) is 5.86. The highest BCUT2D eigenvalue weighted by molar-refractivity contribution is 6.32. The van der Waals surface area contributed by atoms with Crippen LogP contribution >= 0.6 is 11.6 Å². The van der Waals surface area contributed by atoms with Crippen LogP contribution in [0.2, 0.25) is 5.02 Å². The molecule has 0 aliphatic heterocycles. The predicted molar refractivity (Wildman–Crippen MR) is 96.6 cm³/mol. The summed E-state index contributed by atoms with van der Waals surface area (Å²) in [5, 5.41) is 4.94. The molecule has 0 saturated heterocycles. The van der Waals surface area contributed by atoms with E-state index in [1.54, 1.807) is 21.3 Å². The average molecular weight is 349 g/mol. The van der Waals surface area contributed by atoms with E-state index < -0.39 is 0 Å². The zero-order chi connectivity index (χ0) is 17.5. The highest BCUT2D eigenvalue weighted by atomic mass is 35.5. The van der Waals surface area contributed by atoms with E-state index in [0.717, 1.165) is 16.8 Å². The molecule has 2 aromatic rings. The molecular weight excluding hydrogens is 328 g/mol. The van der Waals surface area contributed by atoms with E-state index in [9.17, 15) is 0 Å². The van der Waals surface area contributed by atoms with Gasteiger partial charge in [-0.1, -0.05) is 17.7 Å². The fourth-order valence-electron chi connectivity index (χ4n) is 2.20. The van der Waals surface area contributed by atoms with Crippen LogP contribution < -0.4 is 19.6 Å². The topological polar surface area (TPSA) is 52.1 Å². The number of benzene rings is 2. The molecule has 2 rings (SSSR count). The molecule has 0 aliphatic carbocycles. The van der Waals surface area contributed by atoms with Crippen molar-refractivity contribution in [2.45, 2.75) is 13.5 Å². The predicted octanol–water partition coefficient (Wildman–Crippen LogP) is 3.88. The summed E-state index contributed by atoms with van der Waals surface area (Å²) in [6.07, 6.45) is 0. The summed E-state index contributed by atoms with van der Waals surface area (Å²) in [4.78, 5) is 0. The Hall–Kier alpha value is -2.40. The van der Waals surface area contributed by atoms with E-state index in [2.05, 4.69) is 10.5 Å². The lowest BCUT2D eigenvalue weighted by Crippen LogP contribution is -2.09. The van der Waals surface area contributed by atoms with E-state index in [4.69, 9.17) is 25.8 Å². The standard InChI is InChI=1S/C18H21ClN2O3/c1-12(14-6-8-16(22-2)15(19)10-14)21-20-11-13-5-7-17(23-3)18(9-13)24-4/h5-10,20H,11H2,1-4H3/b21-12-. The van der Waals surface area contributed by atoms with Crippen LogP contribution in [-0.4, -0.2) is 27.0 Å². The number of nitrogens with one attached hydrogen (secondary N) is 1. The van der Waals surface area contributed by atoms with Crippen molar-refractivity contribution < 1.29 is 14.2 Å². The molecule has 0 atom stereocenters. The van der Waals surface area contributed by atoms with Crippen LogP contribution in [0.4, 0.5) is 0 Å². The first kappa shape index (κ1) is 17.9. The van der Waals surface area contributed by atoms with Gasteiger partial charge in [-0.3, -0.25) is 0 Å². The van der Waals surface area contributed by atoms with Crippen molar-refractivity contribution >= 4 is 17.3 Å². The summed E-state index contributed by atoms with van der Waals surface area (Å²) in [6.45, 7) is 2.49. The first-order valence-corrected chi connectivity index (χ1v) is 7.78. The lowest BCUT2D eigenvalue weighted by Gasteiger charge is -2.10. The molecule has 6 heteroatoms. The van der Waals surface area contributed by atoms with Crippen LogP contribution in [0, 0.1) is 0 Å². The monoisotopic (exact) mass is 348 g/mol. The molecule has 0 fully saturated rings. The zero-order valence-electron chi connectivity index (χ0n) is 14.2. The Balaban J connectivity index is 2.04. The number of rotatable bonds is 7. The van der Waals surface area contributed by atoms with Gasteiger partial charge in [0, 0.05) is 0 Å². The van der Waals surface area contributed by atoms with Gasteiger partial charge >= 0.3 is 0 Å². The van der Waals surface area contributed by atoms with Crippen molar-refractivity contribution in [2.24, 2.45) is 5.10 Å². The van der Waals surface area contributed by atoms with Crippen LogP contribution in [0.15, 0.2) is 41.5 Å². The average Bonchev–Trinajstić information content (AvgIpc) is 2.61. The number of hydrogen-bond acceptors (Lipinski definition) is 5. The molecule has 0 aromatic heterocycles. The Bertz CT molecular complexity index is 732. The third-order valence-corrected chi connectivity index (χ3v) is 3.84. The molecule has 0 amide bonds. The molecule has 0 aliphatic rings. The first-order valence-electron chi connectivity index (χ1n) is 7.41. The number of halogens is 1. The summed E-state index contributed by atoms with van der Waals surface area (Å²) in [6, 6.07) is 11.3. The van der Waals surface area contributed by atoms with Crippen LogP contribution in [0.5, 0.6) is 17.2 Å². The second kappa shape index (κ2) is 8.45. The van der Waals surface area contributed by atoms with Crippen molar-refractivity contribution in [3.05, 3.63) is 52.5 Å². The minimum absolute atomic E-state index is 0.560. The van der Waals surface area contributed by atoms with Gasteiger partial charge < -0.3 is 19.6 Å². The number of hydrazone groups is 1. The van der Waals surface area contributed by atoms with Gasteiger partial charge in [0.25, 0.3) is 0 Å². The normalized spacial score (nSPS) is 11.1. The smallest absolute Gasteiger partial charge is 0.161 e. The highest BCUT2D eigenvalue weighted by Gasteiger charge is 2.05. The molecule has 0 saturated carbocycles. The van der Waals surface area contributed by atoms with E-state index in [-0.39, 0.29) is 0 Å². The highest BCUT2D eigenvalue weighted by Crippen LogP contribution is 2.27. The van der Waals surface area contributed by atoms with Crippen molar-refractivity contribution in [2.75, 3.05) is 21.3 Å². The third kappa shape index (κ3) is 4.32. The van der Waals surface area contributed by atoms with Crippen molar-refractivity contribution in [1.82, 2.24) is 5.43 Å². The molecule has 0 bridgehead atoms. The number of ether oxygens (including phenoxy) is 3. The molecule has 0 heterocycles. The van der Waals surface area contributed by atoms with Gasteiger partial charge in [0.05, 0.1) is 38.6 Å². The van der Waals surface area contributed by atoms with E-state index in [0.29, 0.717) is 28.8 Å². The van der Waals surface area contributed by atoms with Gasteiger partial charge in [0.1, 0.15) is 5.75 Å². The maximum absolute atomic E-state index is 6.14. The lowest BCUT2D eigenvalue weighted by atomic mass is 10.1. The van der Waals surface area contributed by atoms with E-state index in [1.165, 1.54) is 0 Å². The lowest BCUT2D eigenvalue weighted by molar-refractivity contribution is 0.354. The van der Waals surface area contributed by atoms with Gasteiger partial charge in [-0.05, 0) is 48.4 Å². The second-order valence-electron chi connectivity index (χ2n) is 5.07. The Labute approximate surface area is 147 Å².